The molecule has 3 aromatic carbocycles. The van der Waals surface area contributed by atoms with Gasteiger partial charge in [0.15, 0.2) is 0 Å². The van der Waals surface area contributed by atoms with E-state index in [1.807, 2.05) is 30.3 Å². The summed E-state index contributed by atoms with van der Waals surface area (Å²) in [5.74, 6) is 0. The Bertz CT molecular complexity index is 855. The molecule has 0 heterocycles. The van der Waals surface area contributed by atoms with E-state index in [1.54, 1.807) is 13.4 Å². The molecule has 0 spiro atoms. The van der Waals surface area contributed by atoms with Crippen molar-refractivity contribution in [3.8, 4) is 11.1 Å². The fourth-order valence-electron chi connectivity index (χ4n) is 2.56. The number of hydrogen-bond acceptors (Lipinski definition) is 1. The predicted octanol–water partition coefficient (Wildman–Crippen LogP) is 6.54. The molecule has 0 aliphatic carbocycles. The second kappa shape index (κ2) is 6.55. The summed E-state index contributed by atoms with van der Waals surface area (Å²) in [6.45, 7) is 0. The maximum atomic E-state index is 6.14. The van der Waals surface area contributed by atoms with Crippen LogP contribution in [0.2, 0.25) is 5.02 Å². The third kappa shape index (κ3) is 2.90. The van der Waals surface area contributed by atoms with Gasteiger partial charge in [0, 0.05) is 9.50 Å². The molecule has 0 fully saturated rings. The van der Waals surface area contributed by atoms with Crippen molar-refractivity contribution in [2.75, 3.05) is 7.11 Å². The number of fused-ring (bicyclic) bond motifs is 1. The van der Waals surface area contributed by atoms with Crippen molar-refractivity contribution in [1.82, 2.24) is 0 Å². The molecule has 3 heteroatoms. The van der Waals surface area contributed by atoms with E-state index in [9.17, 15) is 0 Å². The van der Waals surface area contributed by atoms with Crippen molar-refractivity contribution in [2.45, 2.75) is 0 Å². The Morgan fingerprint density at radius 3 is 2.45 bits per heavy atom. The zero-order valence-corrected chi connectivity index (χ0v) is 14.4. The van der Waals surface area contributed by atoms with Crippen LogP contribution in [0.5, 0.6) is 0 Å². The lowest BCUT2D eigenvalue weighted by Gasteiger charge is -2.12. The van der Waals surface area contributed by atoms with Gasteiger partial charge in [0.1, 0.15) is 0 Å². The van der Waals surface area contributed by atoms with Gasteiger partial charge in [0.05, 0.1) is 13.4 Å². The highest BCUT2D eigenvalue weighted by atomic mass is 79.9. The van der Waals surface area contributed by atoms with Crippen LogP contribution in [0.3, 0.4) is 0 Å². The van der Waals surface area contributed by atoms with E-state index < -0.39 is 0 Å². The maximum absolute atomic E-state index is 6.14. The lowest BCUT2D eigenvalue weighted by atomic mass is 9.94. The first kappa shape index (κ1) is 15.1. The third-order valence-corrected chi connectivity index (χ3v) is 4.48. The van der Waals surface area contributed by atoms with E-state index in [4.69, 9.17) is 16.3 Å². The fraction of sp³-hybridized carbons (Fsp3) is 0.0526. The topological polar surface area (TPSA) is 9.23 Å². The second-order valence-corrected chi connectivity index (χ2v) is 6.20. The quantitative estimate of drug-likeness (QED) is 0.474. The molecule has 0 aromatic heterocycles. The molecule has 0 amide bonds. The SMILES string of the molecule is COC=Cc1cc(Cl)ccc1-c1ccc(Br)c2ccccc12. The van der Waals surface area contributed by atoms with Crippen LogP contribution in [-0.2, 0) is 4.74 Å². The van der Waals surface area contributed by atoms with E-state index in [1.165, 1.54) is 16.3 Å². The summed E-state index contributed by atoms with van der Waals surface area (Å²) in [4.78, 5) is 0. The Labute approximate surface area is 143 Å². The zero-order chi connectivity index (χ0) is 15.5. The highest BCUT2D eigenvalue weighted by Gasteiger charge is 2.09. The van der Waals surface area contributed by atoms with E-state index >= 15 is 0 Å². The summed E-state index contributed by atoms with van der Waals surface area (Å²) >= 11 is 9.77. The van der Waals surface area contributed by atoms with E-state index in [2.05, 4.69) is 46.3 Å². The van der Waals surface area contributed by atoms with Gasteiger partial charge in [-0.1, -0.05) is 63.9 Å². The zero-order valence-electron chi connectivity index (χ0n) is 12.0. The molecule has 3 rings (SSSR count). The summed E-state index contributed by atoms with van der Waals surface area (Å²) < 4.78 is 6.14. The molecule has 1 nitrogen and oxygen atoms in total. The van der Waals surface area contributed by atoms with Gasteiger partial charge in [-0.05, 0) is 51.7 Å². The smallest absolute Gasteiger partial charge is 0.0830 e. The highest BCUT2D eigenvalue weighted by Crippen LogP contribution is 2.36. The summed E-state index contributed by atoms with van der Waals surface area (Å²) in [6.07, 6.45) is 3.59. The molecule has 0 aliphatic rings. The molecule has 0 radical (unpaired) electrons. The van der Waals surface area contributed by atoms with Crippen molar-refractivity contribution in [3.05, 3.63) is 75.9 Å². The van der Waals surface area contributed by atoms with Gasteiger partial charge in [0.2, 0.25) is 0 Å². The number of methoxy groups -OCH3 is 1. The standard InChI is InChI=1S/C19H14BrClO/c1-22-11-10-13-12-14(21)6-7-15(13)17-8-9-19(20)18-5-3-2-4-16(17)18/h2-12H,1H3. The predicted molar refractivity (Wildman–Crippen MR) is 98.1 cm³/mol. The van der Waals surface area contributed by atoms with Crippen LogP contribution in [0.15, 0.2) is 65.3 Å². The van der Waals surface area contributed by atoms with Gasteiger partial charge >= 0.3 is 0 Å². The number of halogens is 2. The largest absolute Gasteiger partial charge is 0.504 e. The number of ether oxygens (including phenoxy) is 1. The van der Waals surface area contributed by atoms with Crippen molar-refractivity contribution in [3.63, 3.8) is 0 Å². The van der Waals surface area contributed by atoms with Gasteiger partial charge in [0.25, 0.3) is 0 Å². The minimum absolute atomic E-state index is 0.709. The molecule has 0 N–H and O–H groups in total. The van der Waals surface area contributed by atoms with Gasteiger partial charge in [-0.2, -0.15) is 0 Å². The first-order valence-corrected chi connectivity index (χ1v) is 8.04. The monoisotopic (exact) mass is 372 g/mol. The first-order valence-electron chi connectivity index (χ1n) is 6.87. The van der Waals surface area contributed by atoms with Crippen LogP contribution < -0.4 is 0 Å². The molecule has 0 saturated heterocycles. The Morgan fingerprint density at radius 2 is 1.68 bits per heavy atom. The Morgan fingerprint density at radius 1 is 0.955 bits per heavy atom. The van der Waals surface area contributed by atoms with Gasteiger partial charge in [-0.25, -0.2) is 0 Å². The summed E-state index contributed by atoms with van der Waals surface area (Å²) in [7, 11) is 1.63. The van der Waals surface area contributed by atoms with Crippen LogP contribution in [0.25, 0.3) is 28.0 Å². The minimum atomic E-state index is 0.709. The molecule has 0 atom stereocenters. The molecule has 22 heavy (non-hydrogen) atoms. The van der Waals surface area contributed by atoms with Gasteiger partial charge in [-0.15, -0.1) is 0 Å². The number of rotatable bonds is 3. The van der Waals surface area contributed by atoms with Crippen LogP contribution >= 0.6 is 27.5 Å². The molecule has 0 unspecified atom stereocenters. The van der Waals surface area contributed by atoms with Gasteiger partial charge in [-0.3, -0.25) is 0 Å². The molecule has 0 bridgehead atoms. The van der Waals surface area contributed by atoms with E-state index in [0.717, 1.165) is 15.6 Å². The summed E-state index contributed by atoms with van der Waals surface area (Å²) in [5.41, 5.74) is 3.33. The van der Waals surface area contributed by atoms with Crippen LogP contribution in [0.1, 0.15) is 5.56 Å². The molecule has 0 aliphatic heterocycles. The number of hydrogen-bond donors (Lipinski definition) is 0. The van der Waals surface area contributed by atoms with Crippen LogP contribution in [0, 0.1) is 0 Å². The van der Waals surface area contributed by atoms with Crippen molar-refractivity contribution < 1.29 is 4.74 Å². The second-order valence-electron chi connectivity index (χ2n) is 4.91. The lowest BCUT2D eigenvalue weighted by molar-refractivity contribution is 0.341. The third-order valence-electron chi connectivity index (χ3n) is 3.56. The summed E-state index contributed by atoms with van der Waals surface area (Å²) in [5, 5.41) is 3.10. The fourth-order valence-corrected chi connectivity index (χ4v) is 3.21. The first-order chi connectivity index (χ1) is 10.7. The lowest BCUT2D eigenvalue weighted by Crippen LogP contribution is -1.87. The Kier molecular flexibility index (Phi) is 4.51. The Hall–Kier alpha value is -1.77. The highest BCUT2D eigenvalue weighted by molar-refractivity contribution is 9.10. The normalized spacial score (nSPS) is 11.2. The maximum Gasteiger partial charge on any atom is 0.0830 e. The number of benzene rings is 3. The molecule has 3 aromatic rings. The average molecular weight is 374 g/mol. The van der Waals surface area contributed by atoms with Crippen molar-refractivity contribution >= 4 is 44.4 Å². The molecule has 0 saturated carbocycles. The average Bonchev–Trinajstić information content (AvgIpc) is 2.54. The minimum Gasteiger partial charge on any atom is -0.504 e. The summed E-state index contributed by atoms with van der Waals surface area (Å²) in [6, 6.07) is 18.5. The molecule has 110 valence electrons. The molecular weight excluding hydrogens is 360 g/mol. The van der Waals surface area contributed by atoms with Crippen LogP contribution in [-0.4, -0.2) is 7.11 Å². The van der Waals surface area contributed by atoms with Gasteiger partial charge < -0.3 is 4.74 Å². The Balaban J connectivity index is 2.28. The van der Waals surface area contributed by atoms with E-state index in [-0.39, 0.29) is 0 Å². The van der Waals surface area contributed by atoms with Crippen LogP contribution in [0.4, 0.5) is 0 Å². The molecular formula is C19H14BrClO. The van der Waals surface area contributed by atoms with Crippen molar-refractivity contribution in [1.29, 1.82) is 0 Å². The van der Waals surface area contributed by atoms with Crippen molar-refractivity contribution in [2.24, 2.45) is 0 Å². The van der Waals surface area contributed by atoms with E-state index in [0.29, 0.717) is 5.02 Å².